The number of nitrogens with one attached hydrogen (secondary N) is 1. The molecule has 2 rings (SSSR count). The molecule has 0 unspecified atom stereocenters. The van der Waals surface area contributed by atoms with Crippen molar-refractivity contribution in [3.05, 3.63) is 47.4 Å². The van der Waals surface area contributed by atoms with Crippen LogP contribution in [0.1, 0.15) is 5.69 Å². The van der Waals surface area contributed by atoms with E-state index in [4.69, 9.17) is 11.6 Å². The minimum absolute atomic E-state index is 0.387. The highest BCUT2D eigenvalue weighted by molar-refractivity contribution is 6.29. The van der Waals surface area contributed by atoms with Crippen LogP contribution in [-0.4, -0.2) is 15.2 Å². The van der Waals surface area contributed by atoms with Gasteiger partial charge in [0.1, 0.15) is 5.82 Å². The van der Waals surface area contributed by atoms with E-state index in [9.17, 15) is 0 Å². The lowest BCUT2D eigenvalue weighted by atomic mass is 10.3. The molecule has 15 heavy (non-hydrogen) atoms. The molecule has 76 valence electrons. The molecule has 0 aromatic carbocycles. The summed E-state index contributed by atoms with van der Waals surface area (Å²) in [6.07, 6.45) is 1.75. The summed E-state index contributed by atoms with van der Waals surface area (Å²) < 4.78 is 0. The Hall–Kier alpha value is -1.68. The van der Waals surface area contributed by atoms with Crippen LogP contribution in [0.15, 0.2) is 36.5 Å². The maximum absolute atomic E-state index is 5.62. The zero-order chi connectivity index (χ0) is 10.5. The number of halogens is 1. The first-order chi connectivity index (χ1) is 7.34. The Bertz CT molecular complexity index is 415. The van der Waals surface area contributed by atoms with E-state index in [2.05, 4.69) is 20.5 Å². The molecule has 0 aliphatic rings. The number of rotatable bonds is 3. The molecule has 0 saturated heterocycles. The number of nitrogens with zero attached hydrogens (tertiary/aromatic N) is 3. The lowest BCUT2D eigenvalue weighted by Crippen LogP contribution is -2.03. The number of pyridine rings is 1. The maximum Gasteiger partial charge on any atom is 0.151 e. The van der Waals surface area contributed by atoms with Gasteiger partial charge in [-0.1, -0.05) is 17.7 Å². The number of hydrogen-bond acceptors (Lipinski definition) is 4. The van der Waals surface area contributed by atoms with Gasteiger partial charge in [0.15, 0.2) is 5.15 Å². The third-order valence-corrected chi connectivity index (χ3v) is 2.01. The summed E-state index contributed by atoms with van der Waals surface area (Å²) in [4.78, 5) is 4.17. The molecule has 4 nitrogen and oxygen atoms in total. The first-order valence-electron chi connectivity index (χ1n) is 4.47. The van der Waals surface area contributed by atoms with Gasteiger partial charge in [0.2, 0.25) is 0 Å². The fourth-order valence-electron chi connectivity index (χ4n) is 1.09. The van der Waals surface area contributed by atoms with Crippen LogP contribution in [0.25, 0.3) is 0 Å². The van der Waals surface area contributed by atoms with E-state index < -0.39 is 0 Å². The molecular formula is C10H9ClN4. The predicted octanol–water partition coefficient (Wildman–Crippen LogP) is 2.14. The summed E-state index contributed by atoms with van der Waals surface area (Å²) in [5.74, 6) is 0.685. The Morgan fingerprint density at radius 3 is 2.73 bits per heavy atom. The van der Waals surface area contributed by atoms with E-state index in [0.29, 0.717) is 17.5 Å². The van der Waals surface area contributed by atoms with Gasteiger partial charge in [0.25, 0.3) is 0 Å². The Morgan fingerprint density at radius 2 is 2.07 bits per heavy atom. The Balaban J connectivity index is 1.96. The van der Waals surface area contributed by atoms with Crippen LogP contribution in [0.2, 0.25) is 5.15 Å². The van der Waals surface area contributed by atoms with Gasteiger partial charge in [-0.15, -0.1) is 10.2 Å². The maximum atomic E-state index is 5.62. The average Bonchev–Trinajstić information content (AvgIpc) is 2.30. The van der Waals surface area contributed by atoms with Crippen LogP contribution < -0.4 is 5.32 Å². The molecule has 0 atom stereocenters. The summed E-state index contributed by atoms with van der Waals surface area (Å²) in [6.45, 7) is 0.622. The second-order valence-corrected chi connectivity index (χ2v) is 3.30. The quantitative estimate of drug-likeness (QED) is 0.861. The third kappa shape index (κ3) is 2.89. The summed E-state index contributed by atoms with van der Waals surface area (Å²) in [5.41, 5.74) is 0.953. The number of anilines is 1. The normalized spacial score (nSPS) is 9.93. The van der Waals surface area contributed by atoms with E-state index in [1.807, 2.05) is 18.2 Å². The Kier molecular flexibility index (Phi) is 3.09. The van der Waals surface area contributed by atoms with Gasteiger partial charge in [-0.2, -0.15) is 0 Å². The summed E-state index contributed by atoms with van der Waals surface area (Å²) in [7, 11) is 0. The molecule has 2 aromatic rings. The molecule has 0 spiro atoms. The largest absolute Gasteiger partial charge is 0.363 e. The molecular weight excluding hydrogens is 212 g/mol. The zero-order valence-corrected chi connectivity index (χ0v) is 8.65. The van der Waals surface area contributed by atoms with Gasteiger partial charge in [-0.25, -0.2) is 0 Å². The zero-order valence-electron chi connectivity index (χ0n) is 7.89. The van der Waals surface area contributed by atoms with Crippen molar-refractivity contribution >= 4 is 17.4 Å². The second-order valence-electron chi connectivity index (χ2n) is 2.92. The van der Waals surface area contributed by atoms with Crippen molar-refractivity contribution in [3.63, 3.8) is 0 Å². The Morgan fingerprint density at radius 1 is 1.13 bits per heavy atom. The average molecular weight is 221 g/mol. The molecule has 0 fully saturated rings. The van der Waals surface area contributed by atoms with Crippen molar-refractivity contribution in [1.29, 1.82) is 0 Å². The molecule has 5 heteroatoms. The van der Waals surface area contributed by atoms with E-state index in [1.54, 1.807) is 18.3 Å². The van der Waals surface area contributed by atoms with Crippen molar-refractivity contribution in [2.24, 2.45) is 0 Å². The second kappa shape index (κ2) is 4.70. The van der Waals surface area contributed by atoms with Crippen LogP contribution >= 0.6 is 11.6 Å². The highest BCUT2D eigenvalue weighted by Crippen LogP contribution is 2.06. The van der Waals surface area contributed by atoms with Crippen LogP contribution in [0.5, 0.6) is 0 Å². The minimum Gasteiger partial charge on any atom is -0.363 e. The van der Waals surface area contributed by atoms with Gasteiger partial charge in [-0.05, 0) is 24.3 Å². The Labute approximate surface area is 92.3 Å². The van der Waals surface area contributed by atoms with Crippen LogP contribution in [0.3, 0.4) is 0 Å². The summed E-state index contributed by atoms with van der Waals surface area (Å²) in [5, 5.41) is 11.1. The highest BCUT2D eigenvalue weighted by Gasteiger charge is 1.96. The minimum atomic E-state index is 0.387. The van der Waals surface area contributed by atoms with Crippen molar-refractivity contribution in [2.75, 3.05) is 5.32 Å². The van der Waals surface area contributed by atoms with Crippen molar-refractivity contribution in [1.82, 2.24) is 15.2 Å². The van der Waals surface area contributed by atoms with Crippen molar-refractivity contribution in [2.45, 2.75) is 6.54 Å². The van der Waals surface area contributed by atoms with E-state index >= 15 is 0 Å². The molecule has 0 aliphatic heterocycles. The molecule has 1 N–H and O–H groups in total. The molecule has 0 aliphatic carbocycles. The fraction of sp³-hybridized carbons (Fsp3) is 0.100. The monoisotopic (exact) mass is 220 g/mol. The van der Waals surface area contributed by atoms with Crippen LogP contribution in [-0.2, 0) is 6.54 Å². The van der Waals surface area contributed by atoms with E-state index in [0.717, 1.165) is 5.69 Å². The van der Waals surface area contributed by atoms with E-state index in [-0.39, 0.29) is 0 Å². The first-order valence-corrected chi connectivity index (χ1v) is 4.85. The smallest absolute Gasteiger partial charge is 0.151 e. The van der Waals surface area contributed by atoms with Crippen LogP contribution in [0.4, 0.5) is 5.82 Å². The van der Waals surface area contributed by atoms with Gasteiger partial charge in [-0.3, -0.25) is 4.98 Å². The molecule has 0 radical (unpaired) electrons. The fourth-order valence-corrected chi connectivity index (χ4v) is 1.19. The predicted molar refractivity (Wildman–Crippen MR) is 58.6 cm³/mol. The first kappa shape index (κ1) is 9.86. The van der Waals surface area contributed by atoms with Gasteiger partial charge < -0.3 is 5.32 Å². The van der Waals surface area contributed by atoms with Gasteiger partial charge in [0, 0.05) is 6.20 Å². The summed E-state index contributed by atoms with van der Waals surface area (Å²) in [6, 6.07) is 9.23. The lowest BCUT2D eigenvalue weighted by molar-refractivity contribution is 0.978. The third-order valence-electron chi connectivity index (χ3n) is 1.81. The lowest BCUT2D eigenvalue weighted by Gasteiger charge is -2.03. The SMILES string of the molecule is Clc1ccc(NCc2ccccn2)nn1. The topological polar surface area (TPSA) is 50.7 Å². The number of hydrogen-bond donors (Lipinski definition) is 1. The number of aromatic nitrogens is 3. The van der Waals surface area contributed by atoms with Crippen LogP contribution in [0, 0.1) is 0 Å². The van der Waals surface area contributed by atoms with Crippen molar-refractivity contribution < 1.29 is 0 Å². The highest BCUT2D eigenvalue weighted by atomic mass is 35.5. The van der Waals surface area contributed by atoms with E-state index in [1.165, 1.54) is 0 Å². The molecule has 0 saturated carbocycles. The standard InChI is InChI=1S/C10H9ClN4/c11-9-4-5-10(15-14-9)13-7-8-3-1-2-6-12-8/h1-6H,7H2,(H,13,15). The summed E-state index contributed by atoms with van der Waals surface area (Å²) >= 11 is 5.62. The molecule has 2 heterocycles. The molecule has 2 aromatic heterocycles. The molecule has 0 amide bonds. The van der Waals surface area contributed by atoms with Crippen molar-refractivity contribution in [3.8, 4) is 0 Å². The molecule has 0 bridgehead atoms. The van der Waals surface area contributed by atoms with Gasteiger partial charge >= 0.3 is 0 Å². The van der Waals surface area contributed by atoms with Gasteiger partial charge in [0.05, 0.1) is 12.2 Å².